The molecule has 2 aromatic carbocycles. The lowest BCUT2D eigenvalue weighted by atomic mass is 10.2. The monoisotopic (exact) mass is 471 g/mol. The summed E-state index contributed by atoms with van der Waals surface area (Å²) in [5, 5.41) is 3.83. The molecule has 0 amide bonds. The van der Waals surface area contributed by atoms with Gasteiger partial charge in [0.05, 0.1) is 15.1 Å². The van der Waals surface area contributed by atoms with Gasteiger partial charge in [-0.05, 0) is 75.9 Å². The highest BCUT2D eigenvalue weighted by atomic mass is 79.9. The third-order valence-corrected chi connectivity index (χ3v) is 7.39. The van der Waals surface area contributed by atoms with Crippen molar-refractivity contribution in [3.8, 4) is 0 Å². The second-order valence-corrected chi connectivity index (χ2v) is 9.40. The van der Waals surface area contributed by atoms with E-state index in [0.29, 0.717) is 6.42 Å². The lowest BCUT2D eigenvalue weighted by molar-refractivity contribution is 0.504. The second-order valence-electron chi connectivity index (χ2n) is 5.97. The van der Waals surface area contributed by atoms with E-state index in [4.69, 9.17) is 0 Å². The predicted octanol–water partition coefficient (Wildman–Crippen LogP) is 5.54. The van der Waals surface area contributed by atoms with Crippen molar-refractivity contribution in [1.82, 2.24) is 0 Å². The van der Waals surface area contributed by atoms with Gasteiger partial charge in [-0.2, -0.15) is 11.3 Å². The summed E-state index contributed by atoms with van der Waals surface area (Å²) in [6.45, 7) is 1.95. The van der Waals surface area contributed by atoms with Gasteiger partial charge < -0.3 is 0 Å². The summed E-state index contributed by atoms with van der Waals surface area (Å²) >= 11 is 4.52. The van der Waals surface area contributed by atoms with Crippen LogP contribution in [-0.2, 0) is 16.4 Å². The molecule has 3 rings (SSSR count). The Morgan fingerprint density at radius 2 is 1.78 bits per heavy atom. The molecule has 0 bridgehead atoms. The first-order valence-corrected chi connectivity index (χ1v) is 11.2. The molecule has 0 fully saturated rings. The number of thiophene rings is 1. The van der Waals surface area contributed by atoms with E-state index in [9.17, 15) is 17.2 Å². The Bertz CT molecular complexity index is 1040. The number of hydrogen-bond acceptors (Lipinski definition) is 3. The molecular formula is C19H16BrF2NO2S2. The Labute approximate surface area is 169 Å². The summed E-state index contributed by atoms with van der Waals surface area (Å²) in [6, 6.07) is 10.5. The minimum absolute atomic E-state index is 0.0599. The summed E-state index contributed by atoms with van der Waals surface area (Å²) in [4.78, 5) is 0.0926. The van der Waals surface area contributed by atoms with Gasteiger partial charge in [-0.3, -0.25) is 4.31 Å². The van der Waals surface area contributed by atoms with Gasteiger partial charge in [0.2, 0.25) is 0 Å². The minimum atomic E-state index is -3.96. The second kappa shape index (κ2) is 8.08. The van der Waals surface area contributed by atoms with Crippen LogP contribution in [0.4, 0.5) is 14.5 Å². The van der Waals surface area contributed by atoms with Gasteiger partial charge in [-0.1, -0.05) is 17.7 Å². The van der Waals surface area contributed by atoms with Crippen LogP contribution >= 0.6 is 27.3 Å². The maximum Gasteiger partial charge on any atom is 0.264 e. The molecule has 3 nitrogen and oxygen atoms in total. The SMILES string of the molecule is Cc1ccc(S(=O)(=O)N(CCc2ccsc2)c2ccc(F)c(F)c2Br)cc1. The molecule has 8 heteroatoms. The van der Waals surface area contributed by atoms with E-state index in [2.05, 4.69) is 15.9 Å². The highest BCUT2D eigenvalue weighted by molar-refractivity contribution is 9.10. The van der Waals surface area contributed by atoms with Gasteiger partial charge in [0, 0.05) is 6.54 Å². The van der Waals surface area contributed by atoms with Crippen LogP contribution in [0.3, 0.4) is 0 Å². The van der Waals surface area contributed by atoms with E-state index in [1.54, 1.807) is 12.1 Å². The molecule has 0 N–H and O–H groups in total. The Morgan fingerprint density at radius 3 is 2.41 bits per heavy atom. The average Bonchev–Trinajstić information content (AvgIpc) is 3.15. The van der Waals surface area contributed by atoms with E-state index in [1.807, 2.05) is 23.8 Å². The van der Waals surface area contributed by atoms with Crippen LogP contribution in [0.15, 0.2) is 62.6 Å². The molecule has 0 spiro atoms. The van der Waals surface area contributed by atoms with E-state index in [-0.39, 0.29) is 21.6 Å². The fraction of sp³-hybridized carbons (Fsp3) is 0.158. The molecule has 0 aliphatic heterocycles. The van der Waals surface area contributed by atoms with E-state index >= 15 is 0 Å². The molecule has 0 saturated heterocycles. The van der Waals surface area contributed by atoms with E-state index in [1.165, 1.54) is 29.5 Å². The van der Waals surface area contributed by atoms with Crippen molar-refractivity contribution in [2.24, 2.45) is 0 Å². The van der Waals surface area contributed by atoms with Crippen LogP contribution in [0.1, 0.15) is 11.1 Å². The van der Waals surface area contributed by atoms with Gasteiger partial charge in [0.1, 0.15) is 0 Å². The molecule has 0 atom stereocenters. The van der Waals surface area contributed by atoms with Crippen LogP contribution < -0.4 is 4.31 Å². The number of anilines is 1. The summed E-state index contributed by atoms with van der Waals surface area (Å²) in [6.07, 6.45) is 0.444. The lowest BCUT2D eigenvalue weighted by Crippen LogP contribution is -2.33. The van der Waals surface area contributed by atoms with Crippen molar-refractivity contribution in [3.63, 3.8) is 0 Å². The summed E-state index contributed by atoms with van der Waals surface area (Å²) in [7, 11) is -3.96. The van der Waals surface area contributed by atoms with Gasteiger partial charge in [0.15, 0.2) is 11.6 Å². The summed E-state index contributed by atoms with van der Waals surface area (Å²) in [5.41, 5.74) is 1.96. The fourth-order valence-corrected chi connectivity index (χ4v) is 5.41. The van der Waals surface area contributed by atoms with E-state index < -0.39 is 21.7 Å². The van der Waals surface area contributed by atoms with Crippen molar-refractivity contribution in [1.29, 1.82) is 0 Å². The fourth-order valence-electron chi connectivity index (χ4n) is 2.58. The van der Waals surface area contributed by atoms with Crippen molar-refractivity contribution in [2.45, 2.75) is 18.2 Å². The molecule has 3 aromatic rings. The quantitative estimate of drug-likeness (QED) is 0.442. The number of benzene rings is 2. The Kier molecular flexibility index (Phi) is 5.98. The molecule has 142 valence electrons. The molecule has 0 aliphatic rings. The number of aryl methyl sites for hydroxylation is 1. The first-order chi connectivity index (χ1) is 12.8. The number of nitrogens with zero attached hydrogens (tertiary/aromatic N) is 1. The van der Waals surface area contributed by atoms with Crippen LogP contribution in [0.5, 0.6) is 0 Å². The van der Waals surface area contributed by atoms with Crippen LogP contribution in [-0.4, -0.2) is 15.0 Å². The smallest absolute Gasteiger partial charge is 0.264 e. The Balaban J connectivity index is 2.06. The first-order valence-electron chi connectivity index (χ1n) is 8.04. The highest BCUT2D eigenvalue weighted by Gasteiger charge is 2.28. The highest BCUT2D eigenvalue weighted by Crippen LogP contribution is 2.34. The zero-order valence-electron chi connectivity index (χ0n) is 14.3. The molecule has 0 radical (unpaired) electrons. The maximum atomic E-state index is 14.1. The molecule has 0 saturated carbocycles. The Morgan fingerprint density at radius 1 is 1.07 bits per heavy atom. The standard InChI is InChI=1S/C19H16BrF2NO2S2/c1-13-2-4-15(5-3-13)27(24,25)23(10-8-14-9-11-26-12-14)17-7-6-16(21)19(22)18(17)20/h2-7,9,11-12H,8,10H2,1H3. The van der Waals surface area contributed by atoms with Crippen LogP contribution in [0.2, 0.25) is 0 Å². The molecule has 1 heterocycles. The van der Waals surface area contributed by atoms with Crippen LogP contribution in [0.25, 0.3) is 0 Å². The van der Waals surface area contributed by atoms with Crippen molar-refractivity contribution in [2.75, 3.05) is 10.8 Å². The first kappa shape index (κ1) is 20.0. The molecule has 0 aliphatic carbocycles. The van der Waals surface area contributed by atoms with Crippen molar-refractivity contribution < 1.29 is 17.2 Å². The topological polar surface area (TPSA) is 37.4 Å². The zero-order chi connectivity index (χ0) is 19.6. The normalized spacial score (nSPS) is 11.6. The number of hydrogen-bond donors (Lipinski definition) is 0. The number of sulfonamides is 1. The lowest BCUT2D eigenvalue weighted by Gasteiger charge is -2.26. The molecule has 27 heavy (non-hydrogen) atoms. The predicted molar refractivity (Wildman–Crippen MR) is 108 cm³/mol. The summed E-state index contributed by atoms with van der Waals surface area (Å²) < 4.78 is 55.0. The van der Waals surface area contributed by atoms with Gasteiger partial charge in [-0.25, -0.2) is 17.2 Å². The van der Waals surface area contributed by atoms with Crippen molar-refractivity contribution in [3.05, 3.63) is 80.5 Å². The minimum Gasteiger partial charge on any atom is -0.265 e. The summed E-state index contributed by atoms with van der Waals surface area (Å²) in [5.74, 6) is -2.16. The van der Waals surface area contributed by atoms with Gasteiger partial charge in [-0.15, -0.1) is 0 Å². The van der Waals surface area contributed by atoms with E-state index in [0.717, 1.165) is 21.5 Å². The molecule has 0 unspecified atom stereocenters. The average molecular weight is 472 g/mol. The van der Waals surface area contributed by atoms with Gasteiger partial charge in [0.25, 0.3) is 10.0 Å². The van der Waals surface area contributed by atoms with Gasteiger partial charge >= 0.3 is 0 Å². The third kappa shape index (κ3) is 4.23. The van der Waals surface area contributed by atoms with Crippen molar-refractivity contribution >= 4 is 43.0 Å². The Hall–Kier alpha value is -1.77. The molecule has 1 aromatic heterocycles. The zero-order valence-corrected chi connectivity index (χ0v) is 17.5. The largest absolute Gasteiger partial charge is 0.265 e. The maximum absolute atomic E-state index is 14.1. The number of rotatable bonds is 6. The third-order valence-electron chi connectivity index (χ3n) is 4.08. The van der Waals surface area contributed by atoms with Crippen LogP contribution in [0, 0.1) is 18.6 Å². The molecular weight excluding hydrogens is 456 g/mol. The number of halogens is 3.